The minimum absolute atomic E-state index is 0.402. The Morgan fingerprint density at radius 3 is 2.70 bits per heavy atom. The standard InChI is InChI=1S/C15H16ClN3S/c1-9-4-5-17-15-14(9)18-13(7-16)19(15)8-12-6-10(2)11(3)20-12/h4-6H,7-8H2,1-3H3. The second-order valence-corrected chi connectivity index (χ2v) is 6.61. The third-order valence-electron chi connectivity index (χ3n) is 3.57. The van der Waals surface area contributed by atoms with Gasteiger partial charge in [0.2, 0.25) is 0 Å². The van der Waals surface area contributed by atoms with Gasteiger partial charge in [-0.2, -0.15) is 0 Å². The number of halogens is 1. The zero-order chi connectivity index (χ0) is 14.3. The Labute approximate surface area is 127 Å². The predicted molar refractivity (Wildman–Crippen MR) is 84.7 cm³/mol. The van der Waals surface area contributed by atoms with E-state index in [0.29, 0.717) is 5.88 Å². The first-order valence-corrected chi connectivity index (χ1v) is 7.88. The molecule has 3 heterocycles. The molecular formula is C15H16ClN3S. The first-order chi connectivity index (χ1) is 9.60. The highest BCUT2D eigenvalue weighted by atomic mass is 35.5. The van der Waals surface area contributed by atoms with Gasteiger partial charge in [-0.15, -0.1) is 22.9 Å². The van der Waals surface area contributed by atoms with Gasteiger partial charge >= 0.3 is 0 Å². The van der Waals surface area contributed by atoms with E-state index in [1.807, 2.05) is 23.6 Å². The van der Waals surface area contributed by atoms with E-state index in [2.05, 4.69) is 41.4 Å². The van der Waals surface area contributed by atoms with E-state index in [0.717, 1.165) is 29.1 Å². The molecule has 0 spiro atoms. The molecule has 5 heteroatoms. The minimum Gasteiger partial charge on any atom is -0.306 e. The van der Waals surface area contributed by atoms with Gasteiger partial charge in [0.25, 0.3) is 0 Å². The lowest BCUT2D eigenvalue weighted by Crippen LogP contribution is -2.03. The Kier molecular flexibility index (Phi) is 3.52. The van der Waals surface area contributed by atoms with E-state index < -0.39 is 0 Å². The second kappa shape index (κ2) is 5.19. The van der Waals surface area contributed by atoms with Gasteiger partial charge in [-0.3, -0.25) is 0 Å². The van der Waals surface area contributed by atoms with Crippen LogP contribution in [0.1, 0.15) is 26.7 Å². The van der Waals surface area contributed by atoms with Gasteiger partial charge in [0.1, 0.15) is 11.3 Å². The molecule has 0 amide bonds. The largest absolute Gasteiger partial charge is 0.306 e. The lowest BCUT2D eigenvalue weighted by molar-refractivity contribution is 0.780. The molecule has 20 heavy (non-hydrogen) atoms. The maximum Gasteiger partial charge on any atom is 0.160 e. The third-order valence-corrected chi connectivity index (χ3v) is 4.94. The van der Waals surface area contributed by atoms with E-state index in [4.69, 9.17) is 11.6 Å². The summed E-state index contributed by atoms with van der Waals surface area (Å²) in [5, 5.41) is 0. The van der Waals surface area contributed by atoms with Crippen molar-refractivity contribution in [2.24, 2.45) is 0 Å². The molecule has 104 valence electrons. The number of thiophene rings is 1. The van der Waals surface area contributed by atoms with Crippen LogP contribution < -0.4 is 0 Å². The van der Waals surface area contributed by atoms with Crippen LogP contribution in [0.4, 0.5) is 0 Å². The van der Waals surface area contributed by atoms with Crippen LogP contribution in [-0.2, 0) is 12.4 Å². The van der Waals surface area contributed by atoms with Crippen molar-refractivity contribution >= 4 is 34.1 Å². The summed E-state index contributed by atoms with van der Waals surface area (Å²) in [4.78, 5) is 11.8. The van der Waals surface area contributed by atoms with Crippen molar-refractivity contribution in [2.45, 2.75) is 33.2 Å². The monoisotopic (exact) mass is 305 g/mol. The zero-order valence-corrected chi connectivity index (χ0v) is 13.3. The lowest BCUT2D eigenvalue weighted by Gasteiger charge is -2.05. The van der Waals surface area contributed by atoms with Crippen molar-refractivity contribution in [3.05, 3.63) is 45.0 Å². The van der Waals surface area contributed by atoms with Crippen LogP contribution in [0.2, 0.25) is 0 Å². The highest BCUT2D eigenvalue weighted by Crippen LogP contribution is 2.25. The molecule has 3 aromatic heterocycles. The average molecular weight is 306 g/mol. The molecule has 0 aromatic carbocycles. The van der Waals surface area contributed by atoms with Gasteiger partial charge in [-0.25, -0.2) is 9.97 Å². The van der Waals surface area contributed by atoms with Crippen LogP contribution >= 0.6 is 22.9 Å². The molecule has 0 aliphatic rings. The molecule has 0 saturated heterocycles. The van der Waals surface area contributed by atoms with Crippen molar-refractivity contribution < 1.29 is 0 Å². The average Bonchev–Trinajstić information content (AvgIpc) is 2.93. The molecule has 0 N–H and O–H groups in total. The number of hydrogen-bond donors (Lipinski definition) is 0. The van der Waals surface area contributed by atoms with Crippen LogP contribution in [0.15, 0.2) is 18.3 Å². The normalized spacial score (nSPS) is 11.4. The molecule has 0 aliphatic carbocycles. The highest BCUT2D eigenvalue weighted by Gasteiger charge is 2.14. The number of pyridine rings is 1. The summed E-state index contributed by atoms with van der Waals surface area (Å²) in [5.74, 6) is 1.28. The number of hydrogen-bond acceptors (Lipinski definition) is 3. The quantitative estimate of drug-likeness (QED) is 0.679. The molecule has 0 saturated carbocycles. The van der Waals surface area contributed by atoms with Crippen LogP contribution in [0, 0.1) is 20.8 Å². The number of fused-ring (bicyclic) bond motifs is 1. The Morgan fingerprint density at radius 2 is 2.05 bits per heavy atom. The first kappa shape index (κ1) is 13.6. The van der Waals surface area contributed by atoms with E-state index >= 15 is 0 Å². The zero-order valence-electron chi connectivity index (χ0n) is 11.8. The molecular weight excluding hydrogens is 290 g/mol. The molecule has 0 aliphatic heterocycles. The Morgan fingerprint density at radius 1 is 1.25 bits per heavy atom. The maximum atomic E-state index is 6.05. The minimum atomic E-state index is 0.402. The van der Waals surface area contributed by atoms with E-state index in [1.54, 1.807) is 0 Å². The molecule has 3 nitrogen and oxygen atoms in total. The van der Waals surface area contributed by atoms with Crippen molar-refractivity contribution in [3.8, 4) is 0 Å². The Hall–Kier alpha value is -1.39. The molecule has 0 fully saturated rings. The molecule has 3 aromatic rings. The van der Waals surface area contributed by atoms with Gasteiger partial charge in [-0.05, 0) is 44.0 Å². The SMILES string of the molecule is Cc1cc(Cn2c(CCl)nc3c(C)ccnc32)sc1C. The number of imidazole rings is 1. The van der Waals surface area contributed by atoms with E-state index in [-0.39, 0.29) is 0 Å². The lowest BCUT2D eigenvalue weighted by atomic mass is 10.2. The van der Waals surface area contributed by atoms with Gasteiger partial charge in [0, 0.05) is 16.0 Å². The predicted octanol–water partition coefficient (Wildman–Crippen LogP) is 4.21. The van der Waals surface area contributed by atoms with Crippen molar-refractivity contribution in [2.75, 3.05) is 0 Å². The number of alkyl halides is 1. The van der Waals surface area contributed by atoms with Crippen LogP contribution in [-0.4, -0.2) is 14.5 Å². The van der Waals surface area contributed by atoms with Crippen molar-refractivity contribution in [1.29, 1.82) is 0 Å². The summed E-state index contributed by atoms with van der Waals surface area (Å²) in [5.41, 5.74) is 4.35. The fourth-order valence-electron chi connectivity index (χ4n) is 2.34. The third kappa shape index (κ3) is 2.23. The van der Waals surface area contributed by atoms with Crippen molar-refractivity contribution in [3.63, 3.8) is 0 Å². The summed E-state index contributed by atoms with van der Waals surface area (Å²) in [7, 11) is 0. The Balaban J connectivity index is 2.12. The van der Waals surface area contributed by atoms with E-state index in [1.165, 1.54) is 15.3 Å². The summed E-state index contributed by atoms with van der Waals surface area (Å²) in [6, 6.07) is 4.22. The molecule has 0 atom stereocenters. The molecule has 0 unspecified atom stereocenters. The summed E-state index contributed by atoms with van der Waals surface area (Å²) < 4.78 is 2.13. The topological polar surface area (TPSA) is 30.7 Å². The molecule has 0 bridgehead atoms. The second-order valence-electron chi connectivity index (χ2n) is 5.00. The number of nitrogens with zero attached hydrogens (tertiary/aromatic N) is 3. The van der Waals surface area contributed by atoms with Gasteiger partial charge in [0.15, 0.2) is 5.65 Å². The van der Waals surface area contributed by atoms with Crippen LogP contribution in [0.3, 0.4) is 0 Å². The first-order valence-electron chi connectivity index (χ1n) is 6.52. The summed E-state index contributed by atoms with van der Waals surface area (Å²) in [6.45, 7) is 7.14. The fraction of sp³-hybridized carbons (Fsp3) is 0.333. The van der Waals surface area contributed by atoms with Crippen molar-refractivity contribution in [1.82, 2.24) is 14.5 Å². The van der Waals surface area contributed by atoms with Gasteiger partial charge < -0.3 is 4.57 Å². The number of aromatic nitrogens is 3. The van der Waals surface area contributed by atoms with Crippen LogP contribution in [0.5, 0.6) is 0 Å². The number of rotatable bonds is 3. The van der Waals surface area contributed by atoms with Crippen LogP contribution in [0.25, 0.3) is 11.2 Å². The Bertz CT molecular complexity index is 753. The summed E-state index contributed by atoms with van der Waals surface area (Å²) >= 11 is 7.88. The fourth-order valence-corrected chi connectivity index (χ4v) is 3.58. The summed E-state index contributed by atoms with van der Waals surface area (Å²) in [6.07, 6.45) is 1.83. The molecule has 3 rings (SSSR count). The molecule has 0 radical (unpaired) electrons. The van der Waals surface area contributed by atoms with Gasteiger partial charge in [-0.1, -0.05) is 0 Å². The smallest absolute Gasteiger partial charge is 0.160 e. The highest BCUT2D eigenvalue weighted by molar-refractivity contribution is 7.12. The number of aryl methyl sites for hydroxylation is 3. The maximum absolute atomic E-state index is 6.05. The van der Waals surface area contributed by atoms with Gasteiger partial charge in [0.05, 0.1) is 12.4 Å². The van der Waals surface area contributed by atoms with E-state index in [9.17, 15) is 0 Å².